The van der Waals surface area contributed by atoms with Crippen molar-refractivity contribution in [2.45, 2.75) is 84.0 Å². The second-order valence-corrected chi connectivity index (χ2v) is 11.9. The van der Waals surface area contributed by atoms with Gasteiger partial charge in [0.1, 0.15) is 0 Å². The molecule has 5 heteroatoms. The Balaban J connectivity index is 1.25. The van der Waals surface area contributed by atoms with Gasteiger partial charge in [0, 0.05) is 12.1 Å². The van der Waals surface area contributed by atoms with E-state index in [9.17, 15) is 9.59 Å². The van der Waals surface area contributed by atoms with Gasteiger partial charge in [-0.2, -0.15) is 0 Å². The van der Waals surface area contributed by atoms with Crippen LogP contribution in [0, 0.1) is 22.7 Å². The molecule has 1 saturated heterocycles. The fourth-order valence-electron chi connectivity index (χ4n) is 5.96. The minimum atomic E-state index is -0.712. The van der Waals surface area contributed by atoms with Crippen molar-refractivity contribution in [1.29, 1.82) is 0 Å². The number of amides is 2. The highest BCUT2D eigenvalue weighted by molar-refractivity contribution is 5.92. The van der Waals surface area contributed by atoms with Crippen LogP contribution in [0.1, 0.15) is 84.1 Å². The molecule has 0 aromatic heterocycles. The van der Waals surface area contributed by atoms with Gasteiger partial charge >= 0.3 is 0 Å². The molecule has 3 saturated carbocycles. The van der Waals surface area contributed by atoms with Crippen LogP contribution in [0.5, 0.6) is 0 Å². The molecule has 0 radical (unpaired) electrons. The highest BCUT2D eigenvalue weighted by Crippen LogP contribution is 2.58. The molecule has 5 rings (SSSR count). The van der Waals surface area contributed by atoms with E-state index in [2.05, 4.69) is 19.2 Å². The van der Waals surface area contributed by atoms with Crippen LogP contribution in [0.2, 0.25) is 0 Å². The Labute approximate surface area is 192 Å². The molecule has 0 bridgehead atoms. The summed E-state index contributed by atoms with van der Waals surface area (Å²) < 4.78 is 0. The molecule has 2 atom stereocenters. The number of hydrogen-bond donors (Lipinski definition) is 1. The monoisotopic (exact) mass is 438 g/mol. The molecule has 1 aromatic carbocycles. The van der Waals surface area contributed by atoms with Crippen LogP contribution in [-0.2, 0) is 19.8 Å². The van der Waals surface area contributed by atoms with Crippen LogP contribution < -0.4 is 5.32 Å². The lowest BCUT2D eigenvalue weighted by molar-refractivity contribution is -0.172. The van der Waals surface area contributed by atoms with Crippen LogP contribution in [0.3, 0.4) is 0 Å². The third-order valence-electron chi connectivity index (χ3n) is 9.14. The van der Waals surface area contributed by atoms with Gasteiger partial charge in [-0.15, -0.1) is 0 Å². The fourth-order valence-corrected chi connectivity index (χ4v) is 5.96. The topological polar surface area (TPSA) is 58.6 Å². The van der Waals surface area contributed by atoms with E-state index in [1.165, 1.54) is 38.5 Å². The SMILES string of the molecule is CC1(CN2OCC(C)(c3cccc(NC(=O)CC(C4CCC4)C4(C)CC4)c3)C2=O)CCC1. The van der Waals surface area contributed by atoms with E-state index >= 15 is 0 Å². The number of benzene rings is 1. The molecule has 174 valence electrons. The largest absolute Gasteiger partial charge is 0.326 e. The Morgan fingerprint density at radius 2 is 1.91 bits per heavy atom. The van der Waals surface area contributed by atoms with Gasteiger partial charge in [0.15, 0.2) is 0 Å². The standard InChI is InChI=1S/C27H38N2O3/c1-25(11-6-12-25)17-29-24(31)27(3,18-32-29)20-9-5-10-21(15-20)28-23(30)16-22(19-7-4-8-19)26(2)13-14-26/h5,9-10,15,19,22H,4,6-8,11-14,16-18H2,1-3H3,(H,28,30). The van der Waals surface area contributed by atoms with Crippen LogP contribution in [0.25, 0.3) is 0 Å². The van der Waals surface area contributed by atoms with Crippen molar-refractivity contribution in [3.63, 3.8) is 0 Å². The van der Waals surface area contributed by atoms with Gasteiger partial charge in [0.2, 0.25) is 5.91 Å². The average Bonchev–Trinajstić information content (AvgIpc) is 3.39. The summed E-state index contributed by atoms with van der Waals surface area (Å²) in [6.07, 6.45) is 10.5. The zero-order valence-corrected chi connectivity index (χ0v) is 19.9. The van der Waals surface area contributed by atoms with Gasteiger partial charge in [-0.05, 0) is 73.0 Å². The van der Waals surface area contributed by atoms with Crippen molar-refractivity contribution in [3.8, 4) is 0 Å². The lowest BCUT2D eigenvalue weighted by atomic mass is 9.68. The van der Waals surface area contributed by atoms with Crippen molar-refractivity contribution < 1.29 is 14.4 Å². The predicted molar refractivity (Wildman–Crippen MR) is 125 cm³/mol. The molecule has 1 aromatic rings. The number of nitrogens with zero attached hydrogens (tertiary/aromatic N) is 1. The van der Waals surface area contributed by atoms with Gasteiger partial charge in [0.25, 0.3) is 5.91 Å². The van der Waals surface area contributed by atoms with Gasteiger partial charge in [-0.3, -0.25) is 14.4 Å². The van der Waals surface area contributed by atoms with Crippen LogP contribution >= 0.6 is 0 Å². The first-order chi connectivity index (χ1) is 15.2. The van der Waals surface area contributed by atoms with Crippen LogP contribution in [-0.4, -0.2) is 30.0 Å². The summed E-state index contributed by atoms with van der Waals surface area (Å²) >= 11 is 0. The molecular formula is C27H38N2O3. The minimum absolute atomic E-state index is 0.0285. The first-order valence-electron chi connectivity index (χ1n) is 12.6. The maximum Gasteiger partial charge on any atom is 0.258 e. The summed E-state index contributed by atoms with van der Waals surface area (Å²) in [6.45, 7) is 7.56. The van der Waals surface area contributed by atoms with E-state index in [0.717, 1.165) is 30.0 Å². The van der Waals surface area contributed by atoms with E-state index < -0.39 is 5.41 Å². The lowest BCUT2D eigenvalue weighted by Crippen LogP contribution is -2.43. The van der Waals surface area contributed by atoms with Gasteiger partial charge < -0.3 is 5.32 Å². The molecule has 1 aliphatic heterocycles. The van der Waals surface area contributed by atoms with E-state index in [4.69, 9.17) is 4.84 Å². The first-order valence-corrected chi connectivity index (χ1v) is 12.6. The normalized spacial score (nSPS) is 29.2. The number of hydroxylamine groups is 2. The fraction of sp³-hybridized carbons (Fsp3) is 0.704. The van der Waals surface area contributed by atoms with Crippen molar-refractivity contribution in [2.75, 3.05) is 18.5 Å². The Kier molecular flexibility index (Phi) is 5.39. The number of carbonyl (C=O) groups excluding carboxylic acids is 2. The third-order valence-corrected chi connectivity index (χ3v) is 9.14. The van der Waals surface area contributed by atoms with Gasteiger partial charge in [-0.1, -0.05) is 51.7 Å². The number of hydrogen-bond acceptors (Lipinski definition) is 3. The quantitative estimate of drug-likeness (QED) is 0.587. The zero-order chi connectivity index (χ0) is 22.6. The number of anilines is 1. The second kappa shape index (κ2) is 7.86. The van der Waals surface area contributed by atoms with Crippen LogP contribution in [0.4, 0.5) is 5.69 Å². The summed E-state index contributed by atoms with van der Waals surface area (Å²) in [7, 11) is 0. The van der Waals surface area contributed by atoms with Crippen molar-refractivity contribution in [1.82, 2.24) is 5.06 Å². The van der Waals surface area contributed by atoms with Crippen molar-refractivity contribution >= 4 is 17.5 Å². The molecule has 32 heavy (non-hydrogen) atoms. The summed E-state index contributed by atoms with van der Waals surface area (Å²) in [4.78, 5) is 32.1. The molecule has 2 amide bonds. The molecular weight excluding hydrogens is 400 g/mol. The second-order valence-electron chi connectivity index (χ2n) is 11.9. The summed E-state index contributed by atoms with van der Waals surface area (Å²) in [6, 6.07) is 7.80. The summed E-state index contributed by atoms with van der Waals surface area (Å²) in [5, 5.41) is 4.72. The maximum atomic E-state index is 13.3. The highest BCUT2D eigenvalue weighted by Gasteiger charge is 2.50. The molecule has 5 nitrogen and oxygen atoms in total. The molecule has 2 unspecified atom stereocenters. The Bertz CT molecular complexity index is 900. The Morgan fingerprint density at radius 1 is 1.16 bits per heavy atom. The van der Waals surface area contributed by atoms with E-state index in [-0.39, 0.29) is 17.2 Å². The van der Waals surface area contributed by atoms with Crippen molar-refractivity contribution in [3.05, 3.63) is 29.8 Å². The van der Waals surface area contributed by atoms with E-state index in [1.807, 2.05) is 31.2 Å². The van der Waals surface area contributed by atoms with E-state index in [1.54, 1.807) is 5.06 Å². The van der Waals surface area contributed by atoms with Gasteiger partial charge in [0.05, 0.1) is 18.6 Å². The Morgan fingerprint density at radius 3 is 2.50 bits per heavy atom. The zero-order valence-electron chi connectivity index (χ0n) is 19.9. The lowest BCUT2D eigenvalue weighted by Gasteiger charge is -2.40. The molecule has 4 fully saturated rings. The number of rotatable bonds is 8. The number of nitrogens with one attached hydrogen (secondary N) is 1. The highest BCUT2D eigenvalue weighted by atomic mass is 16.7. The first kappa shape index (κ1) is 21.9. The smallest absolute Gasteiger partial charge is 0.258 e. The maximum absolute atomic E-state index is 13.3. The van der Waals surface area contributed by atoms with Crippen molar-refractivity contribution in [2.24, 2.45) is 22.7 Å². The summed E-state index contributed by atoms with van der Waals surface area (Å²) in [5.74, 6) is 1.35. The molecule has 3 aliphatic carbocycles. The molecule has 4 aliphatic rings. The average molecular weight is 439 g/mol. The number of carbonyl (C=O) groups is 2. The van der Waals surface area contributed by atoms with Crippen LogP contribution in [0.15, 0.2) is 24.3 Å². The van der Waals surface area contributed by atoms with Gasteiger partial charge in [-0.25, -0.2) is 5.06 Å². The molecule has 1 heterocycles. The third kappa shape index (κ3) is 3.98. The molecule has 0 spiro atoms. The predicted octanol–water partition coefficient (Wildman–Crippen LogP) is 5.45. The Hall–Kier alpha value is -1.88. The minimum Gasteiger partial charge on any atom is -0.326 e. The molecule has 1 N–H and O–H groups in total. The van der Waals surface area contributed by atoms with E-state index in [0.29, 0.717) is 30.9 Å². The summed E-state index contributed by atoms with van der Waals surface area (Å²) in [5.41, 5.74) is 1.53.